The molecule has 48 heavy (non-hydrogen) atoms. The van der Waals surface area contributed by atoms with E-state index in [1.54, 1.807) is 37.3 Å². The van der Waals surface area contributed by atoms with Crippen LogP contribution in [0.2, 0.25) is 0 Å². The van der Waals surface area contributed by atoms with Crippen molar-refractivity contribution in [1.82, 2.24) is 15.3 Å². The first-order valence-electron chi connectivity index (χ1n) is 14.6. The maximum Gasteiger partial charge on any atom is 0.416 e. The predicted octanol–water partition coefficient (Wildman–Crippen LogP) is 5.34. The molecule has 250 valence electrons. The molecule has 0 radical (unpaired) electrons. The summed E-state index contributed by atoms with van der Waals surface area (Å²) < 4.78 is 39.2. The van der Waals surface area contributed by atoms with Crippen molar-refractivity contribution in [2.24, 2.45) is 5.92 Å². The Balaban J connectivity index is 1.38. The van der Waals surface area contributed by atoms with Gasteiger partial charge in [-0.3, -0.25) is 14.4 Å². The Bertz CT molecular complexity index is 1810. The Hall–Kier alpha value is -5.99. The lowest BCUT2D eigenvalue weighted by Crippen LogP contribution is -2.49. The summed E-state index contributed by atoms with van der Waals surface area (Å²) in [6.45, 7) is 5.39. The minimum Gasteiger partial charge on any atom is -0.530 e. The fourth-order valence-corrected chi connectivity index (χ4v) is 4.52. The number of nitrogens with one attached hydrogen (secondary N) is 5. The number of carbonyl (C=O) groups excluding carboxylic acids is 4. The third-order valence-corrected chi connectivity index (χ3v) is 6.80. The number of hydrogen-bond acceptors (Lipinski definition) is 8. The number of carboxylic acid groups (broad SMARTS) is 1. The lowest BCUT2D eigenvalue weighted by molar-refractivity contribution is -0.251. The van der Waals surface area contributed by atoms with Crippen LogP contribution in [0.15, 0.2) is 79.1 Å². The smallest absolute Gasteiger partial charge is 0.416 e. The van der Waals surface area contributed by atoms with Crippen LogP contribution in [0.3, 0.4) is 0 Å². The summed E-state index contributed by atoms with van der Waals surface area (Å²) in [5.74, 6) is -1.64. The quantitative estimate of drug-likeness (QED) is 0.143. The number of alkyl halides is 3. The van der Waals surface area contributed by atoms with Crippen molar-refractivity contribution in [3.63, 3.8) is 0 Å². The molecule has 4 rings (SSSR count). The van der Waals surface area contributed by atoms with Crippen LogP contribution in [0.4, 0.5) is 46.7 Å². The van der Waals surface area contributed by atoms with E-state index < -0.39 is 41.6 Å². The Morgan fingerprint density at radius 3 is 2.10 bits per heavy atom. The van der Waals surface area contributed by atoms with Gasteiger partial charge in [0.25, 0.3) is 11.8 Å². The largest absolute Gasteiger partial charge is 0.530 e. The van der Waals surface area contributed by atoms with Crippen molar-refractivity contribution in [3.8, 4) is 0 Å². The average Bonchev–Trinajstić information content (AvgIpc) is 3.02. The summed E-state index contributed by atoms with van der Waals surface area (Å²) in [6.07, 6.45) is -3.16. The molecule has 0 saturated carbocycles. The molecule has 0 saturated heterocycles. The van der Waals surface area contributed by atoms with Crippen LogP contribution < -0.4 is 31.7 Å². The molecule has 4 amide bonds. The molecule has 0 aliphatic carbocycles. The molecule has 1 unspecified atom stereocenters. The van der Waals surface area contributed by atoms with Crippen LogP contribution in [0, 0.1) is 12.8 Å². The lowest BCUT2D eigenvalue weighted by atomic mass is 10.0. The van der Waals surface area contributed by atoms with E-state index >= 15 is 0 Å². The molecular formula is C33H31F3N7O5-. The summed E-state index contributed by atoms with van der Waals surface area (Å²) >= 11 is 0. The average molecular weight is 663 g/mol. The normalized spacial score (nSPS) is 11.7. The van der Waals surface area contributed by atoms with E-state index in [4.69, 9.17) is 0 Å². The number of benzene rings is 3. The van der Waals surface area contributed by atoms with Crippen molar-refractivity contribution < 1.29 is 37.5 Å². The number of amides is 4. The molecule has 4 aromatic rings. The summed E-state index contributed by atoms with van der Waals surface area (Å²) in [6, 6.07) is 14.1. The first kappa shape index (κ1) is 34.9. The van der Waals surface area contributed by atoms with Gasteiger partial charge in [-0.05, 0) is 73.4 Å². The zero-order valence-corrected chi connectivity index (χ0v) is 25.9. The van der Waals surface area contributed by atoms with E-state index in [9.17, 15) is 37.5 Å². The molecule has 0 bridgehead atoms. The number of carbonyl (C=O) groups is 4. The first-order valence-corrected chi connectivity index (χ1v) is 14.6. The number of hydrogen-bond donors (Lipinski definition) is 5. The van der Waals surface area contributed by atoms with Gasteiger partial charge in [0.05, 0.1) is 23.6 Å². The lowest BCUT2D eigenvalue weighted by Gasteiger charge is -2.21. The van der Waals surface area contributed by atoms with Crippen molar-refractivity contribution in [3.05, 3.63) is 101 Å². The van der Waals surface area contributed by atoms with Gasteiger partial charge in [-0.15, -0.1) is 0 Å². The van der Waals surface area contributed by atoms with Gasteiger partial charge in [0.2, 0.25) is 11.9 Å². The number of aromatic nitrogens is 2. The van der Waals surface area contributed by atoms with Crippen LogP contribution in [-0.4, -0.2) is 39.8 Å². The molecular weight excluding hydrogens is 631 g/mol. The molecule has 1 atom stereocenters. The fourth-order valence-electron chi connectivity index (χ4n) is 4.52. The highest BCUT2D eigenvalue weighted by atomic mass is 19.4. The monoisotopic (exact) mass is 662 g/mol. The third-order valence-electron chi connectivity index (χ3n) is 6.80. The third kappa shape index (κ3) is 9.75. The molecule has 1 aromatic heterocycles. The molecule has 15 heteroatoms. The SMILES string of the molecule is Cc1ccc(NC(=O)c2cccc(C(F)(F)F)c2)cc1C(=O)Nc1cnc(Nc2cccc(NC(=O)C(CC(C)C)NC(=O)[O-])c2)nc1. The van der Waals surface area contributed by atoms with Crippen LogP contribution in [0.25, 0.3) is 0 Å². The van der Waals surface area contributed by atoms with Gasteiger partial charge in [-0.1, -0.05) is 32.0 Å². The minimum atomic E-state index is -4.60. The van der Waals surface area contributed by atoms with Gasteiger partial charge in [0, 0.05) is 28.2 Å². The van der Waals surface area contributed by atoms with Gasteiger partial charge in [0.1, 0.15) is 12.1 Å². The highest BCUT2D eigenvalue weighted by Gasteiger charge is 2.31. The number of halogens is 3. The highest BCUT2D eigenvalue weighted by Crippen LogP contribution is 2.30. The molecule has 3 aromatic carbocycles. The second-order valence-electron chi connectivity index (χ2n) is 11.1. The molecule has 5 N–H and O–H groups in total. The van der Waals surface area contributed by atoms with Crippen LogP contribution in [0.5, 0.6) is 0 Å². The van der Waals surface area contributed by atoms with Crippen molar-refractivity contribution in [1.29, 1.82) is 0 Å². The Labute approximate surface area is 273 Å². The minimum absolute atomic E-state index is 0.0496. The topological polar surface area (TPSA) is 177 Å². The summed E-state index contributed by atoms with van der Waals surface area (Å²) in [4.78, 5) is 57.8. The summed E-state index contributed by atoms with van der Waals surface area (Å²) in [5.41, 5.74) is 0.975. The van der Waals surface area contributed by atoms with Gasteiger partial charge < -0.3 is 36.5 Å². The molecule has 12 nitrogen and oxygen atoms in total. The van der Waals surface area contributed by atoms with E-state index in [2.05, 4.69) is 36.6 Å². The van der Waals surface area contributed by atoms with Crippen molar-refractivity contribution in [2.75, 3.05) is 21.3 Å². The van der Waals surface area contributed by atoms with E-state index in [0.717, 1.165) is 18.2 Å². The second kappa shape index (κ2) is 15.1. The highest BCUT2D eigenvalue weighted by molar-refractivity contribution is 6.08. The van der Waals surface area contributed by atoms with E-state index in [1.165, 1.54) is 30.6 Å². The maximum absolute atomic E-state index is 13.1. The van der Waals surface area contributed by atoms with Gasteiger partial charge in [-0.25, -0.2) is 9.97 Å². The number of nitrogens with zero attached hydrogens (tertiary/aromatic N) is 2. The van der Waals surface area contributed by atoms with Crippen LogP contribution in [0.1, 0.15) is 52.1 Å². The maximum atomic E-state index is 13.1. The number of anilines is 5. The van der Waals surface area contributed by atoms with Gasteiger partial charge in [-0.2, -0.15) is 13.2 Å². The Kier molecular flexibility index (Phi) is 10.9. The molecule has 0 aliphatic rings. The van der Waals surface area contributed by atoms with Crippen LogP contribution in [-0.2, 0) is 11.0 Å². The van der Waals surface area contributed by atoms with Crippen molar-refractivity contribution >= 4 is 52.5 Å². The number of rotatable bonds is 11. The van der Waals surface area contributed by atoms with Crippen LogP contribution >= 0.6 is 0 Å². The van der Waals surface area contributed by atoms with Crippen molar-refractivity contribution in [2.45, 2.75) is 39.4 Å². The predicted molar refractivity (Wildman–Crippen MR) is 171 cm³/mol. The van der Waals surface area contributed by atoms with E-state index in [1.807, 2.05) is 13.8 Å². The first-order chi connectivity index (χ1) is 22.7. The summed E-state index contributed by atoms with van der Waals surface area (Å²) in [5, 5.41) is 24.0. The fraction of sp³-hybridized carbons (Fsp3) is 0.212. The van der Waals surface area contributed by atoms with E-state index in [-0.39, 0.29) is 40.8 Å². The zero-order valence-electron chi connectivity index (χ0n) is 25.9. The molecule has 0 fully saturated rings. The molecule has 0 aliphatic heterocycles. The Morgan fingerprint density at radius 1 is 0.792 bits per heavy atom. The molecule has 0 spiro atoms. The Morgan fingerprint density at radius 2 is 1.44 bits per heavy atom. The van der Waals surface area contributed by atoms with Gasteiger partial charge >= 0.3 is 6.18 Å². The second-order valence-corrected chi connectivity index (χ2v) is 11.1. The van der Waals surface area contributed by atoms with E-state index in [0.29, 0.717) is 16.9 Å². The standard InChI is InChI=1S/C33H32F3N7O5/c1-18(2)12-27(43-32(47)48)30(46)40-22-8-5-9-23(14-22)42-31-37-16-25(17-38-31)41-29(45)26-15-24(11-10-19(26)3)39-28(44)20-6-4-7-21(13-20)33(34,35)36/h4-11,13-18,27,43H,12H2,1-3H3,(H,39,44)(H,40,46)(H,41,45)(H,47,48)(H,37,38,42)/p-1. The summed E-state index contributed by atoms with van der Waals surface area (Å²) in [7, 11) is 0. The van der Waals surface area contributed by atoms with Gasteiger partial charge in [0.15, 0.2) is 0 Å². The zero-order chi connectivity index (χ0) is 35.0. The number of aryl methyl sites for hydroxylation is 1. The molecule has 1 heterocycles.